The Bertz CT molecular complexity index is 630. The number of aromatic amines is 1. The summed E-state index contributed by atoms with van der Waals surface area (Å²) in [7, 11) is 5.85. The number of nitrogens with zero attached hydrogens (tertiary/aromatic N) is 2. The van der Waals surface area contributed by atoms with Crippen molar-refractivity contribution in [2.24, 2.45) is 0 Å². The molecule has 108 valence electrons. The summed E-state index contributed by atoms with van der Waals surface area (Å²) >= 11 is 5.34. The van der Waals surface area contributed by atoms with Gasteiger partial charge < -0.3 is 19.2 Å². The molecular formula is C15H21N3OS. The molecule has 1 unspecified atom stereocenters. The number of likely N-dealkylation sites (N-methyl/N-ethyl adjacent to an activating group) is 1. The van der Waals surface area contributed by atoms with Gasteiger partial charge in [0.15, 0.2) is 4.77 Å². The summed E-state index contributed by atoms with van der Waals surface area (Å²) in [6.07, 6.45) is 1.95. The van der Waals surface area contributed by atoms with Gasteiger partial charge in [-0.2, -0.15) is 0 Å². The van der Waals surface area contributed by atoms with Crippen LogP contribution in [0.4, 0.5) is 0 Å². The fourth-order valence-corrected chi connectivity index (χ4v) is 2.58. The smallest absolute Gasteiger partial charge is 0.177 e. The highest BCUT2D eigenvalue weighted by Gasteiger charge is 2.16. The van der Waals surface area contributed by atoms with Crippen LogP contribution in [0, 0.1) is 11.7 Å². The number of aryl methyl sites for hydroxylation is 1. The second kappa shape index (κ2) is 6.24. The summed E-state index contributed by atoms with van der Waals surface area (Å²) in [5, 5.41) is 0. The standard InChI is InChI=1S/C15H21N3OS/c1-11-9-16-15(20)18(11)10-14(17(2)3)12-6-5-7-13(8-12)19-4/h5-9,14H,10H2,1-4H3,(H,16,20). The van der Waals surface area contributed by atoms with E-state index in [2.05, 4.69) is 47.6 Å². The lowest BCUT2D eigenvalue weighted by atomic mass is 10.1. The SMILES string of the molecule is COc1cccc(C(Cn2c(C)c[nH]c2=S)N(C)C)c1. The van der Waals surface area contributed by atoms with Crippen molar-refractivity contribution < 1.29 is 4.74 Å². The number of H-pyrrole nitrogens is 1. The van der Waals surface area contributed by atoms with E-state index in [-0.39, 0.29) is 6.04 Å². The van der Waals surface area contributed by atoms with Gasteiger partial charge in [-0.05, 0) is 50.9 Å². The van der Waals surface area contributed by atoms with Crippen molar-refractivity contribution in [1.82, 2.24) is 14.5 Å². The van der Waals surface area contributed by atoms with Crippen molar-refractivity contribution in [3.63, 3.8) is 0 Å². The van der Waals surface area contributed by atoms with Gasteiger partial charge in [-0.15, -0.1) is 0 Å². The molecule has 0 aliphatic carbocycles. The van der Waals surface area contributed by atoms with E-state index in [4.69, 9.17) is 17.0 Å². The Morgan fingerprint density at radius 3 is 2.70 bits per heavy atom. The summed E-state index contributed by atoms with van der Waals surface area (Å²) in [6, 6.07) is 8.43. The minimum atomic E-state index is 0.242. The second-order valence-electron chi connectivity index (χ2n) is 5.10. The molecule has 2 aromatic rings. The molecule has 20 heavy (non-hydrogen) atoms. The number of ether oxygens (including phenoxy) is 1. The summed E-state index contributed by atoms with van der Waals surface area (Å²) in [4.78, 5) is 5.29. The lowest BCUT2D eigenvalue weighted by Crippen LogP contribution is -2.25. The second-order valence-corrected chi connectivity index (χ2v) is 5.49. The Morgan fingerprint density at radius 2 is 2.15 bits per heavy atom. The lowest BCUT2D eigenvalue weighted by Gasteiger charge is -2.26. The fourth-order valence-electron chi connectivity index (χ4n) is 2.30. The molecule has 5 heteroatoms. The van der Waals surface area contributed by atoms with Gasteiger partial charge in [-0.3, -0.25) is 0 Å². The first-order valence-electron chi connectivity index (χ1n) is 6.58. The van der Waals surface area contributed by atoms with E-state index in [0.717, 1.165) is 22.8 Å². The zero-order valence-corrected chi connectivity index (χ0v) is 13.2. The van der Waals surface area contributed by atoms with Crippen molar-refractivity contribution in [2.45, 2.75) is 19.5 Å². The van der Waals surface area contributed by atoms with Gasteiger partial charge >= 0.3 is 0 Å². The molecule has 2 rings (SSSR count). The minimum absolute atomic E-state index is 0.242. The first-order valence-corrected chi connectivity index (χ1v) is 6.99. The van der Waals surface area contributed by atoms with Gasteiger partial charge in [0.2, 0.25) is 0 Å². The van der Waals surface area contributed by atoms with Crippen LogP contribution in [0.25, 0.3) is 0 Å². The predicted octanol–water partition coefficient (Wildman–Crippen LogP) is 3.17. The average molecular weight is 291 g/mol. The largest absolute Gasteiger partial charge is 0.497 e. The van der Waals surface area contributed by atoms with Crippen LogP contribution in [0.1, 0.15) is 17.3 Å². The number of hydrogen-bond donors (Lipinski definition) is 1. The Hall–Kier alpha value is -1.59. The Labute approximate surface area is 125 Å². The number of imidazole rings is 1. The van der Waals surface area contributed by atoms with Gasteiger partial charge in [0, 0.05) is 18.4 Å². The summed E-state index contributed by atoms with van der Waals surface area (Å²) in [6.45, 7) is 2.87. The lowest BCUT2D eigenvalue weighted by molar-refractivity contribution is 0.266. The maximum absolute atomic E-state index is 5.34. The van der Waals surface area contributed by atoms with Crippen molar-refractivity contribution in [3.8, 4) is 5.75 Å². The molecule has 0 saturated carbocycles. The van der Waals surface area contributed by atoms with Crippen LogP contribution >= 0.6 is 12.2 Å². The number of aromatic nitrogens is 2. The van der Waals surface area contributed by atoms with E-state index in [1.54, 1.807) is 7.11 Å². The molecule has 0 fully saturated rings. The van der Waals surface area contributed by atoms with E-state index in [1.165, 1.54) is 5.56 Å². The van der Waals surface area contributed by atoms with Crippen LogP contribution in [-0.4, -0.2) is 35.7 Å². The normalized spacial score (nSPS) is 12.7. The molecule has 1 heterocycles. The molecule has 0 aliphatic rings. The molecule has 0 bridgehead atoms. The first-order chi connectivity index (χ1) is 9.52. The van der Waals surface area contributed by atoms with E-state index in [1.807, 2.05) is 18.3 Å². The van der Waals surface area contributed by atoms with E-state index in [9.17, 15) is 0 Å². The van der Waals surface area contributed by atoms with Crippen molar-refractivity contribution in [3.05, 3.63) is 46.5 Å². The van der Waals surface area contributed by atoms with Gasteiger partial charge in [-0.1, -0.05) is 12.1 Å². The molecule has 0 amide bonds. The topological polar surface area (TPSA) is 33.2 Å². The first kappa shape index (κ1) is 14.8. The molecule has 1 N–H and O–H groups in total. The summed E-state index contributed by atoms with van der Waals surface area (Å²) < 4.78 is 8.20. The van der Waals surface area contributed by atoms with Crippen molar-refractivity contribution in [1.29, 1.82) is 0 Å². The third-order valence-electron chi connectivity index (χ3n) is 3.53. The number of nitrogens with one attached hydrogen (secondary N) is 1. The van der Waals surface area contributed by atoms with Crippen LogP contribution in [0.2, 0.25) is 0 Å². The van der Waals surface area contributed by atoms with Crippen LogP contribution in [0.15, 0.2) is 30.5 Å². The Morgan fingerprint density at radius 1 is 1.40 bits per heavy atom. The number of rotatable bonds is 5. The molecule has 1 atom stereocenters. The molecule has 0 aliphatic heterocycles. The minimum Gasteiger partial charge on any atom is -0.497 e. The zero-order valence-electron chi connectivity index (χ0n) is 12.4. The zero-order chi connectivity index (χ0) is 14.7. The third-order valence-corrected chi connectivity index (χ3v) is 3.87. The van der Waals surface area contributed by atoms with E-state index >= 15 is 0 Å². The van der Waals surface area contributed by atoms with Crippen LogP contribution in [0.3, 0.4) is 0 Å². The fraction of sp³-hybridized carbons (Fsp3) is 0.400. The predicted molar refractivity (Wildman–Crippen MR) is 83.8 cm³/mol. The highest BCUT2D eigenvalue weighted by Crippen LogP contribution is 2.24. The highest BCUT2D eigenvalue weighted by molar-refractivity contribution is 7.71. The molecule has 1 aromatic heterocycles. The van der Waals surface area contributed by atoms with Crippen LogP contribution < -0.4 is 4.74 Å². The summed E-state index contributed by atoms with van der Waals surface area (Å²) in [5.74, 6) is 0.878. The average Bonchev–Trinajstić information content (AvgIpc) is 2.75. The highest BCUT2D eigenvalue weighted by atomic mass is 32.1. The molecular weight excluding hydrogens is 270 g/mol. The van der Waals surface area contributed by atoms with Gasteiger partial charge in [0.1, 0.15) is 5.75 Å². The molecule has 4 nitrogen and oxygen atoms in total. The Balaban J connectivity index is 2.34. The number of hydrogen-bond acceptors (Lipinski definition) is 3. The van der Waals surface area contributed by atoms with Gasteiger partial charge in [0.25, 0.3) is 0 Å². The quantitative estimate of drug-likeness (QED) is 0.859. The van der Waals surface area contributed by atoms with E-state index in [0.29, 0.717) is 0 Å². The molecule has 1 aromatic carbocycles. The van der Waals surface area contributed by atoms with Crippen molar-refractivity contribution >= 4 is 12.2 Å². The number of methoxy groups -OCH3 is 1. The van der Waals surface area contributed by atoms with E-state index < -0.39 is 0 Å². The number of benzene rings is 1. The molecule has 0 spiro atoms. The van der Waals surface area contributed by atoms with Crippen molar-refractivity contribution in [2.75, 3.05) is 21.2 Å². The maximum atomic E-state index is 5.34. The van der Waals surface area contributed by atoms with Crippen LogP contribution in [-0.2, 0) is 6.54 Å². The molecule has 0 radical (unpaired) electrons. The Kier molecular flexibility index (Phi) is 4.62. The maximum Gasteiger partial charge on any atom is 0.177 e. The molecule has 0 saturated heterocycles. The third kappa shape index (κ3) is 3.11. The van der Waals surface area contributed by atoms with Crippen LogP contribution in [0.5, 0.6) is 5.75 Å². The van der Waals surface area contributed by atoms with Gasteiger partial charge in [0.05, 0.1) is 13.2 Å². The monoisotopic (exact) mass is 291 g/mol. The van der Waals surface area contributed by atoms with Gasteiger partial charge in [-0.25, -0.2) is 0 Å². The summed E-state index contributed by atoms with van der Waals surface area (Å²) in [5.41, 5.74) is 2.36.